The van der Waals surface area contributed by atoms with Gasteiger partial charge in [0.2, 0.25) is 0 Å². The van der Waals surface area contributed by atoms with Crippen LogP contribution in [-0.2, 0) is 12.8 Å². The SMILES string of the molecule is CNC(C)C1CCCN(c2ccc3c(n2)CCC3)C1. The lowest BCUT2D eigenvalue weighted by Gasteiger charge is -2.36. The number of aryl methyl sites for hydroxylation is 2. The first kappa shape index (κ1) is 12.9. The number of fused-ring (bicyclic) bond motifs is 1. The number of anilines is 1. The summed E-state index contributed by atoms with van der Waals surface area (Å²) in [5, 5.41) is 3.40. The largest absolute Gasteiger partial charge is 0.356 e. The summed E-state index contributed by atoms with van der Waals surface area (Å²) in [5.74, 6) is 1.95. The van der Waals surface area contributed by atoms with Crippen LogP contribution in [0.2, 0.25) is 0 Å². The number of piperidine rings is 1. The number of aromatic nitrogens is 1. The van der Waals surface area contributed by atoms with Crippen LogP contribution in [0.4, 0.5) is 5.82 Å². The highest BCUT2D eigenvalue weighted by Gasteiger charge is 2.25. The maximum absolute atomic E-state index is 4.90. The van der Waals surface area contributed by atoms with Gasteiger partial charge in [0, 0.05) is 24.8 Å². The molecule has 0 bridgehead atoms. The lowest BCUT2D eigenvalue weighted by atomic mass is 9.91. The highest BCUT2D eigenvalue weighted by Crippen LogP contribution is 2.27. The van der Waals surface area contributed by atoms with Crippen LogP contribution in [0.3, 0.4) is 0 Å². The van der Waals surface area contributed by atoms with Crippen molar-refractivity contribution in [3.63, 3.8) is 0 Å². The molecule has 1 aliphatic carbocycles. The van der Waals surface area contributed by atoms with Gasteiger partial charge in [0.05, 0.1) is 0 Å². The summed E-state index contributed by atoms with van der Waals surface area (Å²) in [7, 11) is 2.07. The molecule has 3 heteroatoms. The Bertz CT molecular complexity index is 444. The quantitative estimate of drug-likeness (QED) is 0.903. The molecule has 0 saturated carbocycles. The summed E-state index contributed by atoms with van der Waals surface area (Å²) in [6, 6.07) is 5.13. The third-order valence-corrected chi connectivity index (χ3v) is 4.86. The molecular formula is C16H25N3. The van der Waals surface area contributed by atoms with E-state index in [4.69, 9.17) is 4.98 Å². The van der Waals surface area contributed by atoms with Crippen molar-refractivity contribution in [2.24, 2.45) is 5.92 Å². The molecule has 2 atom stereocenters. The van der Waals surface area contributed by atoms with Crippen LogP contribution in [0.15, 0.2) is 12.1 Å². The van der Waals surface area contributed by atoms with E-state index in [-0.39, 0.29) is 0 Å². The van der Waals surface area contributed by atoms with Crippen molar-refractivity contribution in [1.29, 1.82) is 0 Å². The van der Waals surface area contributed by atoms with Crippen molar-refractivity contribution in [2.45, 2.75) is 45.1 Å². The zero-order valence-electron chi connectivity index (χ0n) is 12.2. The molecule has 2 aliphatic rings. The molecule has 104 valence electrons. The highest BCUT2D eigenvalue weighted by atomic mass is 15.2. The minimum absolute atomic E-state index is 0.595. The molecule has 0 aromatic carbocycles. The van der Waals surface area contributed by atoms with Gasteiger partial charge in [-0.2, -0.15) is 0 Å². The van der Waals surface area contributed by atoms with Crippen LogP contribution < -0.4 is 10.2 Å². The average molecular weight is 259 g/mol. The molecule has 1 aromatic rings. The maximum Gasteiger partial charge on any atom is 0.128 e. The number of hydrogen-bond donors (Lipinski definition) is 1. The fourth-order valence-electron chi connectivity index (χ4n) is 3.45. The normalized spacial score (nSPS) is 24.3. The second kappa shape index (κ2) is 5.49. The van der Waals surface area contributed by atoms with Gasteiger partial charge in [0.15, 0.2) is 0 Å². The molecular weight excluding hydrogens is 234 g/mol. The molecule has 1 fully saturated rings. The molecule has 0 spiro atoms. The topological polar surface area (TPSA) is 28.2 Å². The average Bonchev–Trinajstić information content (AvgIpc) is 2.94. The van der Waals surface area contributed by atoms with E-state index in [2.05, 4.69) is 36.3 Å². The molecule has 2 unspecified atom stereocenters. The Morgan fingerprint density at radius 1 is 1.32 bits per heavy atom. The van der Waals surface area contributed by atoms with E-state index >= 15 is 0 Å². The van der Waals surface area contributed by atoms with Gasteiger partial charge in [-0.05, 0) is 63.6 Å². The fraction of sp³-hybridized carbons (Fsp3) is 0.688. The van der Waals surface area contributed by atoms with E-state index in [0.717, 1.165) is 12.5 Å². The van der Waals surface area contributed by atoms with E-state index in [9.17, 15) is 0 Å². The molecule has 0 amide bonds. The molecule has 19 heavy (non-hydrogen) atoms. The van der Waals surface area contributed by atoms with Crippen LogP contribution in [0, 0.1) is 5.92 Å². The molecule has 3 nitrogen and oxygen atoms in total. The molecule has 1 aromatic heterocycles. The van der Waals surface area contributed by atoms with E-state index in [0.29, 0.717) is 6.04 Å². The smallest absolute Gasteiger partial charge is 0.128 e. The van der Waals surface area contributed by atoms with Crippen molar-refractivity contribution in [3.8, 4) is 0 Å². The lowest BCUT2D eigenvalue weighted by molar-refractivity contribution is 0.332. The van der Waals surface area contributed by atoms with Crippen molar-refractivity contribution < 1.29 is 0 Å². The van der Waals surface area contributed by atoms with Crippen molar-refractivity contribution in [1.82, 2.24) is 10.3 Å². The van der Waals surface area contributed by atoms with Crippen molar-refractivity contribution >= 4 is 5.82 Å². The highest BCUT2D eigenvalue weighted by molar-refractivity contribution is 5.43. The second-order valence-corrected chi connectivity index (χ2v) is 6.05. The van der Waals surface area contributed by atoms with Gasteiger partial charge in [-0.15, -0.1) is 0 Å². The fourth-order valence-corrected chi connectivity index (χ4v) is 3.45. The third kappa shape index (κ3) is 2.62. The molecule has 1 aliphatic heterocycles. The van der Waals surface area contributed by atoms with Gasteiger partial charge in [0.1, 0.15) is 5.82 Å². The Labute approximate surface area is 116 Å². The molecule has 3 rings (SSSR count). The molecule has 1 N–H and O–H groups in total. The maximum atomic E-state index is 4.90. The molecule has 1 saturated heterocycles. The summed E-state index contributed by atoms with van der Waals surface area (Å²) in [4.78, 5) is 7.39. The number of nitrogens with zero attached hydrogens (tertiary/aromatic N) is 2. The summed E-state index contributed by atoms with van der Waals surface area (Å²) in [5.41, 5.74) is 2.82. The van der Waals surface area contributed by atoms with E-state index in [1.54, 1.807) is 0 Å². The summed E-state index contributed by atoms with van der Waals surface area (Å²) in [6.45, 7) is 4.61. The van der Waals surface area contributed by atoms with E-state index in [1.807, 2.05) is 0 Å². The Morgan fingerprint density at radius 2 is 2.21 bits per heavy atom. The van der Waals surface area contributed by atoms with Crippen LogP contribution >= 0.6 is 0 Å². The predicted octanol–water partition coefficient (Wildman–Crippen LogP) is 2.39. The van der Waals surface area contributed by atoms with Crippen LogP contribution in [-0.4, -0.2) is 31.2 Å². The third-order valence-electron chi connectivity index (χ3n) is 4.86. The minimum Gasteiger partial charge on any atom is -0.356 e. The molecule has 0 radical (unpaired) electrons. The first-order chi connectivity index (χ1) is 9.28. The predicted molar refractivity (Wildman–Crippen MR) is 79.7 cm³/mol. The van der Waals surface area contributed by atoms with E-state index < -0.39 is 0 Å². The number of pyridine rings is 1. The van der Waals surface area contributed by atoms with Gasteiger partial charge < -0.3 is 10.2 Å². The minimum atomic E-state index is 0.595. The van der Waals surface area contributed by atoms with Crippen LogP contribution in [0.1, 0.15) is 37.4 Å². The first-order valence-corrected chi connectivity index (χ1v) is 7.69. The van der Waals surface area contributed by atoms with Gasteiger partial charge in [-0.1, -0.05) is 6.07 Å². The zero-order valence-corrected chi connectivity index (χ0v) is 12.2. The monoisotopic (exact) mass is 259 g/mol. The van der Waals surface area contributed by atoms with Gasteiger partial charge in [-0.25, -0.2) is 4.98 Å². The standard InChI is InChI=1S/C16H25N3/c1-12(17-2)14-6-4-10-19(11-14)16-9-8-13-5-3-7-15(13)18-16/h8-9,12,14,17H,3-7,10-11H2,1-2H3. The number of rotatable bonds is 3. The second-order valence-electron chi connectivity index (χ2n) is 6.05. The van der Waals surface area contributed by atoms with Crippen LogP contribution in [0.5, 0.6) is 0 Å². The Balaban J connectivity index is 1.74. The summed E-state index contributed by atoms with van der Waals surface area (Å²) >= 11 is 0. The number of hydrogen-bond acceptors (Lipinski definition) is 3. The van der Waals surface area contributed by atoms with Gasteiger partial charge >= 0.3 is 0 Å². The Hall–Kier alpha value is -1.09. The summed E-state index contributed by atoms with van der Waals surface area (Å²) in [6.07, 6.45) is 6.31. The van der Waals surface area contributed by atoms with E-state index in [1.165, 1.54) is 55.7 Å². The van der Waals surface area contributed by atoms with Gasteiger partial charge in [-0.3, -0.25) is 0 Å². The van der Waals surface area contributed by atoms with Crippen LogP contribution in [0.25, 0.3) is 0 Å². The molecule has 2 heterocycles. The van der Waals surface area contributed by atoms with Gasteiger partial charge in [0.25, 0.3) is 0 Å². The Morgan fingerprint density at radius 3 is 3.05 bits per heavy atom. The van der Waals surface area contributed by atoms with Crippen molar-refractivity contribution in [2.75, 3.05) is 25.0 Å². The lowest BCUT2D eigenvalue weighted by Crippen LogP contribution is -2.43. The van der Waals surface area contributed by atoms with Crippen molar-refractivity contribution in [3.05, 3.63) is 23.4 Å². The first-order valence-electron chi connectivity index (χ1n) is 7.69. The number of nitrogens with one attached hydrogen (secondary N) is 1. The zero-order chi connectivity index (χ0) is 13.2. The summed E-state index contributed by atoms with van der Waals surface area (Å²) < 4.78 is 0. The Kier molecular flexibility index (Phi) is 3.74.